The highest BCUT2D eigenvalue weighted by atomic mass is 32.2. The number of nitrogens with two attached hydrogens (primary N) is 1. The van der Waals surface area contributed by atoms with Crippen LogP contribution in [-0.2, 0) is 0 Å². The maximum atomic E-state index is 11.0. The standard InChI is InChI=1S/C14H16N4OS/c1-10-2-4-11(5-3-10)20-7-6-17-13-9-16-8-12(18-13)14(15)19/h2-5,8-9H,6-7H2,1H3,(H2,15,19)(H,17,18). The van der Waals surface area contributed by atoms with Crippen molar-refractivity contribution >= 4 is 23.5 Å². The fourth-order valence-electron chi connectivity index (χ4n) is 1.55. The van der Waals surface area contributed by atoms with Gasteiger partial charge in [-0.15, -0.1) is 11.8 Å². The van der Waals surface area contributed by atoms with Crippen LogP contribution in [0.5, 0.6) is 0 Å². The van der Waals surface area contributed by atoms with E-state index in [2.05, 4.69) is 46.5 Å². The highest BCUT2D eigenvalue weighted by molar-refractivity contribution is 7.99. The summed E-state index contributed by atoms with van der Waals surface area (Å²) < 4.78 is 0. The molecule has 0 aliphatic heterocycles. The lowest BCUT2D eigenvalue weighted by molar-refractivity contribution is 0.0995. The molecule has 0 atom stereocenters. The second-order valence-corrected chi connectivity index (χ2v) is 5.41. The van der Waals surface area contributed by atoms with Gasteiger partial charge in [0.1, 0.15) is 11.5 Å². The zero-order chi connectivity index (χ0) is 14.4. The van der Waals surface area contributed by atoms with Crippen LogP contribution in [0.25, 0.3) is 0 Å². The summed E-state index contributed by atoms with van der Waals surface area (Å²) in [5.74, 6) is 0.881. The second-order valence-electron chi connectivity index (χ2n) is 4.24. The Morgan fingerprint density at radius 3 is 2.75 bits per heavy atom. The lowest BCUT2D eigenvalue weighted by atomic mass is 10.2. The highest BCUT2D eigenvalue weighted by Crippen LogP contribution is 2.17. The molecule has 0 aliphatic carbocycles. The van der Waals surface area contributed by atoms with Crippen LogP contribution in [-0.4, -0.2) is 28.2 Å². The Balaban J connectivity index is 1.79. The minimum atomic E-state index is -0.574. The normalized spacial score (nSPS) is 10.2. The quantitative estimate of drug-likeness (QED) is 0.628. The summed E-state index contributed by atoms with van der Waals surface area (Å²) in [5, 5.41) is 3.12. The molecule has 1 aromatic carbocycles. The third-order valence-corrected chi connectivity index (χ3v) is 3.60. The lowest BCUT2D eigenvalue weighted by Crippen LogP contribution is -2.15. The number of anilines is 1. The Kier molecular flexibility index (Phi) is 4.95. The number of carbonyl (C=O) groups excluding carboxylic acids is 1. The van der Waals surface area contributed by atoms with Gasteiger partial charge in [0.2, 0.25) is 0 Å². The molecule has 1 aromatic heterocycles. The number of nitrogens with zero attached hydrogens (tertiary/aromatic N) is 2. The average Bonchev–Trinajstić information content (AvgIpc) is 2.46. The maximum Gasteiger partial charge on any atom is 0.268 e. The third-order valence-electron chi connectivity index (χ3n) is 2.58. The van der Waals surface area contributed by atoms with E-state index in [1.807, 2.05) is 0 Å². The van der Waals surface area contributed by atoms with Crippen LogP contribution < -0.4 is 11.1 Å². The fraction of sp³-hybridized carbons (Fsp3) is 0.214. The molecule has 1 heterocycles. The molecule has 0 radical (unpaired) electrons. The largest absolute Gasteiger partial charge is 0.368 e. The smallest absolute Gasteiger partial charge is 0.268 e. The number of aromatic nitrogens is 2. The molecule has 2 aromatic rings. The van der Waals surface area contributed by atoms with Gasteiger partial charge in [-0.3, -0.25) is 9.78 Å². The molecule has 0 fully saturated rings. The van der Waals surface area contributed by atoms with E-state index in [-0.39, 0.29) is 5.69 Å². The van der Waals surface area contributed by atoms with E-state index >= 15 is 0 Å². The summed E-state index contributed by atoms with van der Waals surface area (Å²) in [6.45, 7) is 2.80. The van der Waals surface area contributed by atoms with Crippen LogP contribution in [0, 0.1) is 6.92 Å². The zero-order valence-corrected chi connectivity index (χ0v) is 12.0. The maximum absolute atomic E-state index is 11.0. The first-order valence-electron chi connectivity index (χ1n) is 6.20. The molecule has 0 saturated carbocycles. The number of rotatable bonds is 6. The van der Waals surface area contributed by atoms with E-state index in [1.165, 1.54) is 16.7 Å². The van der Waals surface area contributed by atoms with Gasteiger partial charge in [-0.05, 0) is 19.1 Å². The van der Waals surface area contributed by atoms with Gasteiger partial charge in [-0.2, -0.15) is 0 Å². The van der Waals surface area contributed by atoms with Crippen LogP contribution in [0.4, 0.5) is 5.82 Å². The van der Waals surface area contributed by atoms with E-state index in [4.69, 9.17) is 5.73 Å². The summed E-state index contributed by atoms with van der Waals surface area (Å²) in [4.78, 5) is 20.2. The Hall–Kier alpha value is -2.08. The molecule has 0 aliphatic rings. The van der Waals surface area contributed by atoms with E-state index in [0.29, 0.717) is 5.82 Å². The fourth-order valence-corrected chi connectivity index (χ4v) is 2.32. The minimum Gasteiger partial charge on any atom is -0.368 e. The summed E-state index contributed by atoms with van der Waals surface area (Å²) in [6.07, 6.45) is 2.93. The molecule has 1 amide bonds. The molecule has 0 unspecified atom stereocenters. The van der Waals surface area contributed by atoms with Crippen molar-refractivity contribution in [1.29, 1.82) is 0 Å². The zero-order valence-electron chi connectivity index (χ0n) is 11.2. The van der Waals surface area contributed by atoms with Crippen molar-refractivity contribution in [3.8, 4) is 0 Å². The number of nitrogens with one attached hydrogen (secondary N) is 1. The Labute approximate surface area is 122 Å². The molecule has 0 spiro atoms. The van der Waals surface area contributed by atoms with Crippen LogP contribution in [0.15, 0.2) is 41.6 Å². The van der Waals surface area contributed by atoms with Gasteiger partial charge >= 0.3 is 0 Å². The van der Waals surface area contributed by atoms with Crippen molar-refractivity contribution in [2.24, 2.45) is 5.73 Å². The molecular weight excluding hydrogens is 272 g/mol. The number of hydrogen-bond acceptors (Lipinski definition) is 5. The monoisotopic (exact) mass is 288 g/mol. The minimum absolute atomic E-state index is 0.168. The molecule has 20 heavy (non-hydrogen) atoms. The third kappa shape index (κ3) is 4.24. The van der Waals surface area contributed by atoms with Gasteiger partial charge in [0.25, 0.3) is 5.91 Å². The molecule has 3 N–H and O–H groups in total. The Morgan fingerprint density at radius 2 is 2.05 bits per heavy atom. The number of hydrogen-bond donors (Lipinski definition) is 2. The lowest BCUT2D eigenvalue weighted by Gasteiger charge is -2.06. The molecule has 0 saturated heterocycles. The summed E-state index contributed by atoms with van der Waals surface area (Å²) >= 11 is 1.76. The van der Waals surface area contributed by atoms with Crippen molar-refractivity contribution in [1.82, 2.24) is 9.97 Å². The number of amides is 1. The van der Waals surface area contributed by atoms with Crippen LogP contribution in [0.1, 0.15) is 16.1 Å². The number of carbonyl (C=O) groups is 1. The van der Waals surface area contributed by atoms with Gasteiger partial charge in [0, 0.05) is 17.2 Å². The first-order chi connectivity index (χ1) is 9.65. The topological polar surface area (TPSA) is 80.9 Å². The molecule has 5 nitrogen and oxygen atoms in total. The average molecular weight is 288 g/mol. The summed E-state index contributed by atoms with van der Waals surface area (Å²) in [5.41, 5.74) is 6.58. The van der Waals surface area contributed by atoms with Gasteiger partial charge in [-0.25, -0.2) is 4.98 Å². The molecule has 0 bridgehead atoms. The van der Waals surface area contributed by atoms with Gasteiger partial charge < -0.3 is 11.1 Å². The Morgan fingerprint density at radius 1 is 1.30 bits per heavy atom. The predicted molar refractivity (Wildman–Crippen MR) is 80.9 cm³/mol. The summed E-state index contributed by atoms with van der Waals surface area (Å²) in [6, 6.07) is 8.40. The number of benzene rings is 1. The highest BCUT2D eigenvalue weighted by Gasteiger charge is 2.03. The van der Waals surface area contributed by atoms with Crippen LogP contribution >= 0.6 is 11.8 Å². The van der Waals surface area contributed by atoms with Crippen molar-refractivity contribution in [2.75, 3.05) is 17.6 Å². The van der Waals surface area contributed by atoms with Crippen LogP contribution in [0.2, 0.25) is 0 Å². The van der Waals surface area contributed by atoms with Crippen molar-refractivity contribution < 1.29 is 4.79 Å². The van der Waals surface area contributed by atoms with Gasteiger partial charge in [0.15, 0.2) is 0 Å². The van der Waals surface area contributed by atoms with Crippen molar-refractivity contribution in [2.45, 2.75) is 11.8 Å². The first kappa shape index (κ1) is 14.3. The van der Waals surface area contributed by atoms with Gasteiger partial charge in [0.05, 0.1) is 12.4 Å². The van der Waals surface area contributed by atoms with Crippen LogP contribution in [0.3, 0.4) is 0 Å². The molecule has 6 heteroatoms. The molecule has 2 rings (SSSR count). The second kappa shape index (κ2) is 6.91. The SMILES string of the molecule is Cc1ccc(SCCNc2cncc(C(N)=O)n2)cc1. The van der Waals surface area contributed by atoms with Crippen molar-refractivity contribution in [3.05, 3.63) is 47.9 Å². The Bertz CT molecular complexity index is 586. The van der Waals surface area contributed by atoms with E-state index in [0.717, 1.165) is 12.3 Å². The van der Waals surface area contributed by atoms with E-state index in [9.17, 15) is 4.79 Å². The number of primary amides is 1. The van der Waals surface area contributed by atoms with E-state index in [1.54, 1.807) is 18.0 Å². The van der Waals surface area contributed by atoms with Crippen molar-refractivity contribution in [3.63, 3.8) is 0 Å². The van der Waals surface area contributed by atoms with Gasteiger partial charge in [-0.1, -0.05) is 17.7 Å². The summed E-state index contributed by atoms with van der Waals surface area (Å²) in [7, 11) is 0. The number of aryl methyl sites for hydroxylation is 1. The number of thioether (sulfide) groups is 1. The molecule has 104 valence electrons. The predicted octanol–water partition coefficient (Wildman–Crippen LogP) is 2.09. The molecular formula is C14H16N4OS. The van der Waals surface area contributed by atoms with E-state index < -0.39 is 5.91 Å². The first-order valence-corrected chi connectivity index (χ1v) is 7.19.